The fourth-order valence-corrected chi connectivity index (χ4v) is 7.99. The lowest BCUT2D eigenvalue weighted by Crippen LogP contribution is -2.20. The Hall–Kier alpha value is -6.64. The van der Waals surface area contributed by atoms with Crippen LogP contribution in [0.4, 0.5) is 5.69 Å². The normalized spacial score (nSPS) is 12.4. The van der Waals surface area contributed by atoms with Gasteiger partial charge in [-0.2, -0.15) is 0 Å². The van der Waals surface area contributed by atoms with Crippen LogP contribution in [0.15, 0.2) is 192 Å². The highest BCUT2D eigenvalue weighted by molar-refractivity contribution is 6.12. The Kier molecular flexibility index (Phi) is 7.32. The van der Waals surface area contributed by atoms with E-state index in [1.54, 1.807) is 0 Å². The third kappa shape index (κ3) is 5.37. The number of benzene rings is 8. The zero-order valence-electron chi connectivity index (χ0n) is 28.7. The molecule has 1 aliphatic rings. The van der Waals surface area contributed by atoms with Crippen molar-refractivity contribution in [3.05, 3.63) is 199 Å². The largest absolute Gasteiger partial charge is 0.456 e. The average molecular weight is 666 g/mol. The Balaban J connectivity index is 1.15. The predicted molar refractivity (Wildman–Crippen MR) is 217 cm³/mol. The van der Waals surface area contributed by atoms with Crippen molar-refractivity contribution in [2.24, 2.45) is 0 Å². The number of nitrogens with zero attached hydrogens (tertiary/aromatic N) is 1. The van der Waals surface area contributed by atoms with Crippen molar-refractivity contribution in [2.45, 2.75) is 13.1 Å². The number of furan rings is 1. The van der Waals surface area contributed by atoms with E-state index >= 15 is 0 Å². The monoisotopic (exact) mass is 665 g/mol. The molecule has 2 heterocycles. The highest BCUT2D eigenvalue weighted by Crippen LogP contribution is 2.42. The van der Waals surface area contributed by atoms with Gasteiger partial charge in [-0.25, -0.2) is 0 Å². The van der Waals surface area contributed by atoms with Crippen LogP contribution in [0.25, 0.3) is 77.6 Å². The summed E-state index contributed by atoms with van der Waals surface area (Å²) in [5.74, 6) is 0. The molecule has 1 aliphatic heterocycles. The molecule has 0 radical (unpaired) electrons. The Bertz CT molecular complexity index is 2670. The summed E-state index contributed by atoms with van der Waals surface area (Å²) < 4.78 is 6.29. The average Bonchev–Trinajstić information content (AvgIpc) is 3.52. The zero-order valence-corrected chi connectivity index (χ0v) is 28.7. The van der Waals surface area contributed by atoms with Gasteiger partial charge in [-0.3, -0.25) is 0 Å². The van der Waals surface area contributed by atoms with Gasteiger partial charge in [-0.15, -0.1) is 0 Å². The first-order valence-electron chi connectivity index (χ1n) is 18.0. The van der Waals surface area contributed by atoms with E-state index in [1.807, 2.05) is 6.07 Å². The van der Waals surface area contributed by atoms with Gasteiger partial charge in [0.1, 0.15) is 11.2 Å². The molecule has 246 valence electrons. The number of rotatable bonds is 5. The molecule has 2 heteroatoms. The molecular weight excluding hydrogens is 631 g/mol. The second-order valence-corrected chi connectivity index (χ2v) is 13.7. The second-order valence-electron chi connectivity index (χ2n) is 13.7. The van der Waals surface area contributed by atoms with Crippen molar-refractivity contribution in [1.29, 1.82) is 0 Å². The minimum absolute atomic E-state index is 0.809. The summed E-state index contributed by atoms with van der Waals surface area (Å²) in [5, 5.41) is 2.32. The predicted octanol–water partition coefficient (Wildman–Crippen LogP) is 13.4. The van der Waals surface area contributed by atoms with Gasteiger partial charge in [0.25, 0.3) is 0 Å². The number of hydrogen-bond acceptors (Lipinski definition) is 2. The quantitative estimate of drug-likeness (QED) is 0.182. The molecule has 0 aliphatic carbocycles. The number of hydrogen-bond donors (Lipinski definition) is 0. The third-order valence-electron chi connectivity index (χ3n) is 10.5. The first kappa shape index (κ1) is 30.2. The van der Waals surface area contributed by atoms with Crippen LogP contribution in [0, 0.1) is 0 Å². The van der Waals surface area contributed by atoms with Crippen molar-refractivity contribution in [3.63, 3.8) is 0 Å². The molecule has 0 saturated heterocycles. The third-order valence-corrected chi connectivity index (χ3v) is 10.5. The lowest BCUT2D eigenvalue weighted by molar-refractivity contribution is 0.669. The fourth-order valence-electron chi connectivity index (χ4n) is 7.99. The van der Waals surface area contributed by atoms with Crippen molar-refractivity contribution < 1.29 is 4.42 Å². The maximum atomic E-state index is 6.29. The van der Waals surface area contributed by atoms with Crippen LogP contribution in [0.2, 0.25) is 0 Å². The summed E-state index contributed by atoms with van der Waals surface area (Å²) in [6.45, 7) is 1.63. The summed E-state index contributed by atoms with van der Waals surface area (Å²) in [6, 6.07) is 68.1. The molecule has 0 N–H and O–H groups in total. The van der Waals surface area contributed by atoms with Crippen LogP contribution in [-0.2, 0) is 13.1 Å². The summed E-state index contributed by atoms with van der Waals surface area (Å²) in [5.41, 5.74) is 18.0. The summed E-state index contributed by atoms with van der Waals surface area (Å²) in [4.78, 5) is 2.51. The molecule has 52 heavy (non-hydrogen) atoms. The van der Waals surface area contributed by atoms with Crippen LogP contribution in [-0.4, -0.2) is 0 Å². The Morgan fingerprint density at radius 2 is 0.942 bits per heavy atom. The number of anilines is 1. The van der Waals surface area contributed by atoms with Crippen LogP contribution >= 0.6 is 0 Å². The molecule has 0 saturated carbocycles. The van der Waals surface area contributed by atoms with E-state index in [4.69, 9.17) is 4.42 Å². The molecular formula is C50H35NO. The molecule has 10 rings (SSSR count). The van der Waals surface area contributed by atoms with E-state index in [0.29, 0.717) is 0 Å². The standard InChI is InChI=1S/C50H35NO/c1-4-13-34(14-5-1)39-28-40(35-15-6-2-7-16-35)30-41(29-39)36-25-26-44-42(27-36)33-51(43-17-8-3-9-18-43)32-38-24-23-37(31-47(38)44)45-20-12-22-49-50(45)46-19-10-11-21-48(46)52-49/h1-31H,32-33H2. The van der Waals surface area contributed by atoms with E-state index in [9.17, 15) is 0 Å². The maximum absolute atomic E-state index is 6.29. The molecule has 0 bridgehead atoms. The van der Waals surface area contributed by atoms with Gasteiger partial charge in [-0.1, -0.05) is 133 Å². The van der Waals surface area contributed by atoms with E-state index in [-0.39, 0.29) is 0 Å². The number of fused-ring (bicyclic) bond motifs is 6. The lowest BCUT2D eigenvalue weighted by Gasteiger charge is -2.24. The van der Waals surface area contributed by atoms with Gasteiger partial charge in [0.2, 0.25) is 0 Å². The van der Waals surface area contributed by atoms with E-state index in [1.165, 1.54) is 77.8 Å². The van der Waals surface area contributed by atoms with E-state index in [2.05, 4.69) is 187 Å². The molecule has 0 amide bonds. The van der Waals surface area contributed by atoms with E-state index < -0.39 is 0 Å². The lowest BCUT2D eigenvalue weighted by atomic mass is 9.89. The Labute approximate surface area is 303 Å². The maximum Gasteiger partial charge on any atom is 0.136 e. The number of para-hydroxylation sites is 2. The van der Waals surface area contributed by atoms with Gasteiger partial charge in [-0.05, 0) is 121 Å². The minimum Gasteiger partial charge on any atom is -0.456 e. The molecule has 0 fully saturated rings. The molecule has 8 aromatic carbocycles. The van der Waals surface area contributed by atoms with Gasteiger partial charge >= 0.3 is 0 Å². The van der Waals surface area contributed by atoms with Crippen LogP contribution in [0.3, 0.4) is 0 Å². The van der Waals surface area contributed by atoms with Crippen LogP contribution in [0.5, 0.6) is 0 Å². The molecule has 1 aromatic heterocycles. The molecule has 2 nitrogen and oxygen atoms in total. The summed E-state index contributed by atoms with van der Waals surface area (Å²) in [6.07, 6.45) is 0. The summed E-state index contributed by atoms with van der Waals surface area (Å²) in [7, 11) is 0. The van der Waals surface area contributed by atoms with Crippen molar-refractivity contribution in [1.82, 2.24) is 0 Å². The fraction of sp³-hybridized carbons (Fsp3) is 0.0400. The molecule has 0 spiro atoms. The smallest absolute Gasteiger partial charge is 0.136 e. The Morgan fingerprint density at radius 1 is 0.346 bits per heavy atom. The molecule has 9 aromatic rings. The highest BCUT2D eigenvalue weighted by atomic mass is 16.3. The zero-order chi connectivity index (χ0) is 34.4. The van der Waals surface area contributed by atoms with Gasteiger partial charge in [0, 0.05) is 29.5 Å². The topological polar surface area (TPSA) is 16.4 Å². The highest BCUT2D eigenvalue weighted by Gasteiger charge is 2.22. The van der Waals surface area contributed by atoms with Crippen molar-refractivity contribution >= 4 is 27.6 Å². The summed E-state index contributed by atoms with van der Waals surface area (Å²) >= 11 is 0. The van der Waals surface area contributed by atoms with Crippen molar-refractivity contribution in [3.8, 4) is 55.6 Å². The SMILES string of the molecule is c1ccc(-c2cc(-c3ccccc3)cc(-c3ccc4c(c3)CN(c3ccccc3)Cc3ccc(-c5cccc6oc7ccccc7c56)cc3-4)c2)cc1. The van der Waals surface area contributed by atoms with Crippen LogP contribution in [0.1, 0.15) is 11.1 Å². The van der Waals surface area contributed by atoms with Crippen LogP contribution < -0.4 is 4.90 Å². The Morgan fingerprint density at radius 3 is 1.67 bits per heavy atom. The minimum atomic E-state index is 0.809. The molecule has 0 unspecified atom stereocenters. The van der Waals surface area contributed by atoms with Gasteiger partial charge in [0.15, 0.2) is 0 Å². The first-order valence-corrected chi connectivity index (χ1v) is 18.0. The first-order chi connectivity index (χ1) is 25.7. The van der Waals surface area contributed by atoms with Crippen molar-refractivity contribution in [2.75, 3.05) is 4.90 Å². The van der Waals surface area contributed by atoms with Gasteiger partial charge < -0.3 is 9.32 Å². The molecule has 0 atom stereocenters. The van der Waals surface area contributed by atoms with Gasteiger partial charge in [0.05, 0.1) is 0 Å². The second kappa shape index (κ2) is 12.6. The van der Waals surface area contributed by atoms with E-state index in [0.717, 1.165) is 29.6 Å².